The van der Waals surface area contributed by atoms with E-state index in [1.807, 2.05) is 0 Å². The molecule has 0 radical (unpaired) electrons. The van der Waals surface area contributed by atoms with Gasteiger partial charge in [0.25, 0.3) is 0 Å². The summed E-state index contributed by atoms with van der Waals surface area (Å²) in [5.41, 5.74) is 16.8. The van der Waals surface area contributed by atoms with Gasteiger partial charge in [-0.05, 0) is 13.8 Å². The number of nitrogens with two attached hydrogens (primary N) is 3. The Morgan fingerprint density at radius 2 is 1.93 bits per heavy atom. The lowest BCUT2D eigenvalue weighted by atomic mass is 10.0. The van der Waals surface area contributed by atoms with Gasteiger partial charge in [-0.3, -0.25) is 5.32 Å². The molecule has 4 unspecified atom stereocenters. The summed E-state index contributed by atoms with van der Waals surface area (Å²) in [5.74, 6) is 0. The van der Waals surface area contributed by atoms with E-state index in [4.69, 9.17) is 17.2 Å². The lowest BCUT2D eigenvalue weighted by Gasteiger charge is -2.39. The molecule has 4 atom stereocenters. The summed E-state index contributed by atoms with van der Waals surface area (Å²) < 4.78 is 0. The van der Waals surface area contributed by atoms with Crippen LogP contribution in [0.3, 0.4) is 0 Å². The highest BCUT2D eigenvalue weighted by atomic mass is 15.2. The van der Waals surface area contributed by atoms with Gasteiger partial charge < -0.3 is 27.8 Å². The number of hydrogen-bond acceptors (Lipinski definition) is 6. The number of rotatable bonds is 3. The zero-order chi connectivity index (χ0) is 10.7. The van der Waals surface area contributed by atoms with E-state index in [1.54, 1.807) is 0 Å². The lowest BCUT2D eigenvalue weighted by Crippen LogP contribution is -2.70. The van der Waals surface area contributed by atoms with Crippen molar-refractivity contribution in [2.75, 3.05) is 6.54 Å². The molecule has 0 aromatic heterocycles. The molecule has 9 N–H and O–H groups in total. The van der Waals surface area contributed by atoms with Crippen LogP contribution in [0.25, 0.3) is 0 Å². The fraction of sp³-hybridized carbons (Fsp3) is 1.00. The average Bonchev–Trinajstić information content (AvgIpc) is 2.08. The molecule has 0 spiro atoms. The van der Waals surface area contributed by atoms with Crippen molar-refractivity contribution in [1.29, 1.82) is 0 Å². The van der Waals surface area contributed by atoms with Crippen LogP contribution in [-0.2, 0) is 0 Å². The summed E-state index contributed by atoms with van der Waals surface area (Å²) in [5, 5.41) is 9.68. The van der Waals surface area contributed by atoms with Crippen LogP contribution in [0.5, 0.6) is 0 Å². The van der Waals surface area contributed by atoms with Gasteiger partial charge in [0.15, 0.2) is 0 Å². The summed E-state index contributed by atoms with van der Waals surface area (Å²) in [7, 11) is 0. The Hall–Kier alpha value is -0.240. The molecular formula is C8H22N6. The van der Waals surface area contributed by atoms with Crippen LogP contribution in [0.1, 0.15) is 13.8 Å². The maximum absolute atomic E-state index is 5.93. The van der Waals surface area contributed by atoms with Gasteiger partial charge in [0.05, 0.1) is 12.2 Å². The smallest absolute Gasteiger partial charge is 0.108 e. The molecule has 1 aliphatic rings. The minimum atomic E-state index is -0.573. The third-order valence-corrected chi connectivity index (χ3v) is 2.53. The normalized spacial score (nSPS) is 36.0. The SMILES string of the molecule is CC1CNC(C)C(C(N)NC(N)N)N1. The first-order valence-corrected chi connectivity index (χ1v) is 5.03. The third-order valence-electron chi connectivity index (χ3n) is 2.53. The zero-order valence-electron chi connectivity index (χ0n) is 8.83. The van der Waals surface area contributed by atoms with Crippen molar-refractivity contribution >= 4 is 0 Å². The van der Waals surface area contributed by atoms with Crippen molar-refractivity contribution in [1.82, 2.24) is 16.0 Å². The maximum atomic E-state index is 5.93. The summed E-state index contributed by atoms with van der Waals surface area (Å²) in [6.07, 6.45) is -0.809. The van der Waals surface area contributed by atoms with Crippen LogP contribution >= 0.6 is 0 Å². The Balaban J connectivity index is 2.46. The molecule has 0 bridgehead atoms. The largest absolute Gasteiger partial charge is 0.314 e. The van der Waals surface area contributed by atoms with Crippen molar-refractivity contribution in [3.8, 4) is 0 Å². The van der Waals surface area contributed by atoms with E-state index in [9.17, 15) is 0 Å². The zero-order valence-corrected chi connectivity index (χ0v) is 8.83. The molecule has 1 fully saturated rings. The lowest BCUT2D eigenvalue weighted by molar-refractivity contribution is 0.228. The number of nitrogens with one attached hydrogen (secondary N) is 3. The van der Waals surface area contributed by atoms with Crippen LogP contribution in [0.2, 0.25) is 0 Å². The highest BCUT2D eigenvalue weighted by Crippen LogP contribution is 2.03. The molecule has 1 heterocycles. The molecule has 1 aliphatic heterocycles. The number of piperazine rings is 1. The predicted octanol–water partition coefficient (Wildman–Crippen LogP) is -2.60. The first-order valence-electron chi connectivity index (χ1n) is 5.03. The van der Waals surface area contributed by atoms with Gasteiger partial charge in [-0.1, -0.05) is 0 Å². The minimum absolute atomic E-state index is 0.147. The quantitative estimate of drug-likeness (QED) is 0.280. The van der Waals surface area contributed by atoms with Gasteiger partial charge in [-0.2, -0.15) is 0 Å². The monoisotopic (exact) mass is 202 g/mol. The van der Waals surface area contributed by atoms with E-state index < -0.39 is 6.29 Å². The Bertz CT molecular complexity index is 173. The second-order valence-corrected chi connectivity index (χ2v) is 4.01. The van der Waals surface area contributed by atoms with Crippen LogP contribution in [-0.4, -0.2) is 37.1 Å². The van der Waals surface area contributed by atoms with E-state index in [2.05, 4.69) is 29.8 Å². The fourth-order valence-corrected chi connectivity index (χ4v) is 1.76. The van der Waals surface area contributed by atoms with Crippen LogP contribution in [0.15, 0.2) is 0 Å². The van der Waals surface area contributed by atoms with E-state index in [0.717, 1.165) is 6.54 Å². The van der Waals surface area contributed by atoms with Crippen molar-refractivity contribution in [2.24, 2.45) is 17.2 Å². The van der Waals surface area contributed by atoms with E-state index in [1.165, 1.54) is 0 Å². The molecule has 6 nitrogen and oxygen atoms in total. The Kier molecular flexibility index (Phi) is 4.24. The van der Waals surface area contributed by atoms with Gasteiger partial charge in [-0.15, -0.1) is 0 Å². The van der Waals surface area contributed by atoms with Gasteiger partial charge in [0, 0.05) is 18.6 Å². The fourth-order valence-electron chi connectivity index (χ4n) is 1.76. The Labute approximate surface area is 85.0 Å². The molecule has 0 saturated carbocycles. The molecule has 0 aromatic carbocycles. The number of hydrogen-bond donors (Lipinski definition) is 6. The molecule has 84 valence electrons. The summed E-state index contributed by atoms with van der Waals surface area (Å²) in [4.78, 5) is 0. The summed E-state index contributed by atoms with van der Waals surface area (Å²) in [6.45, 7) is 5.16. The third kappa shape index (κ3) is 3.16. The van der Waals surface area contributed by atoms with Gasteiger partial charge in [0.2, 0.25) is 0 Å². The van der Waals surface area contributed by atoms with Crippen LogP contribution in [0.4, 0.5) is 0 Å². The maximum Gasteiger partial charge on any atom is 0.108 e. The highest BCUT2D eigenvalue weighted by Gasteiger charge is 2.29. The minimum Gasteiger partial charge on any atom is -0.314 e. The topological polar surface area (TPSA) is 114 Å². The summed E-state index contributed by atoms with van der Waals surface area (Å²) >= 11 is 0. The van der Waals surface area contributed by atoms with Crippen molar-refractivity contribution in [3.05, 3.63) is 0 Å². The standard InChI is InChI=1S/C8H22N6/c1-4-3-12-5(2)6(13-4)7(9)14-8(10)11/h4-8,12-14H,3,9-11H2,1-2H3. The molecule has 0 aromatic rings. The predicted molar refractivity (Wildman–Crippen MR) is 57.1 cm³/mol. The molecule has 1 rings (SSSR count). The molecule has 14 heavy (non-hydrogen) atoms. The first-order chi connectivity index (χ1) is 6.50. The Morgan fingerprint density at radius 3 is 2.50 bits per heavy atom. The first kappa shape index (κ1) is 11.8. The molecule has 0 aliphatic carbocycles. The molecule has 6 heteroatoms. The molecule has 0 amide bonds. The molecule has 1 saturated heterocycles. The van der Waals surface area contributed by atoms with Crippen molar-refractivity contribution < 1.29 is 0 Å². The van der Waals surface area contributed by atoms with Crippen molar-refractivity contribution in [2.45, 2.75) is 44.4 Å². The second kappa shape index (κ2) is 5.01. The molecular weight excluding hydrogens is 180 g/mol. The van der Waals surface area contributed by atoms with Gasteiger partial charge in [0.1, 0.15) is 6.29 Å². The van der Waals surface area contributed by atoms with Crippen LogP contribution < -0.4 is 33.2 Å². The van der Waals surface area contributed by atoms with E-state index in [0.29, 0.717) is 12.1 Å². The van der Waals surface area contributed by atoms with E-state index in [-0.39, 0.29) is 12.2 Å². The van der Waals surface area contributed by atoms with Gasteiger partial charge in [-0.25, -0.2) is 0 Å². The highest BCUT2D eigenvalue weighted by molar-refractivity contribution is 4.93. The second-order valence-electron chi connectivity index (χ2n) is 4.01. The van der Waals surface area contributed by atoms with Crippen molar-refractivity contribution in [3.63, 3.8) is 0 Å². The van der Waals surface area contributed by atoms with Gasteiger partial charge >= 0.3 is 0 Å². The van der Waals surface area contributed by atoms with E-state index >= 15 is 0 Å². The average molecular weight is 202 g/mol. The summed E-state index contributed by atoms with van der Waals surface area (Å²) in [6, 6.07) is 0.874. The Morgan fingerprint density at radius 1 is 1.29 bits per heavy atom. The van der Waals surface area contributed by atoms with Crippen LogP contribution in [0, 0.1) is 0 Å².